The third kappa shape index (κ3) is 12.2. The fourth-order valence-corrected chi connectivity index (χ4v) is 2.92. The molecule has 0 atom stereocenters. The SMILES string of the molecule is CCNC(=NCCCNS(C)(=O)=O)NCCc1cc(C)cc(C)c1.I. The van der Waals surface area contributed by atoms with E-state index in [0.717, 1.165) is 31.7 Å². The summed E-state index contributed by atoms with van der Waals surface area (Å²) in [6, 6.07) is 6.58. The van der Waals surface area contributed by atoms with Crippen LogP contribution < -0.4 is 15.4 Å². The number of halogens is 1. The number of nitrogens with one attached hydrogen (secondary N) is 3. The molecule has 0 aliphatic carbocycles. The Balaban J connectivity index is 0.00000576. The lowest BCUT2D eigenvalue weighted by Gasteiger charge is -2.12. The lowest BCUT2D eigenvalue weighted by molar-refractivity contribution is 0.585. The number of nitrogens with zero attached hydrogens (tertiary/aromatic N) is 1. The average molecular weight is 482 g/mol. The van der Waals surface area contributed by atoms with Crippen molar-refractivity contribution in [3.63, 3.8) is 0 Å². The molecule has 6 nitrogen and oxygen atoms in total. The number of rotatable bonds is 9. The van der Waals surface area contributed by atoms with Crippen LogP contribution in [-0.4, -0.2) is 46.8 Å². The average Bonchev–Trinajstić information content (AvgIpc) is 2.44. The number of aliphatic imine (C=N–C) groups is 1. The highest BCUT2D eigenvalue weighted by Crippen LogP contribution is 2.08. The van der Waals surface area contributed by atoms with E-state index >= 15 is 0 Å². The predicted octanol–water partition coefficient (Wildman–Crippen LogP) is 1.96. The highest BCUT2D eigenvalue weighted by atomic mass is 127. The van der Waals surface area contributed by atoms with Gasteiger partial charge in [0.25, 0.3) is 0 Å². The minimum atomic E-state index is -3.12. The van der Waals surface area contributed by atoms with E-state index in [9.17, 15) is 8.42 Å². The van der Waals surface area contributed by atoms with Gasteiger partial charge in [-0.15, -0.1) is 24.0 Å². The molecule has 0 amide bonds. The Morgan fingerprint density at radius 2 is 1.72 bits per heavy atom. The first kappa shape index (κ1) is 24.1. The molecule has 0 unspecified atom stereocenters. The molecule has 1 aromatic carbocycles. The molecule has 8 heteroatoms. The summed E-state index contributed by atoms with van der Waals surface area (Å²) >= 11 is 0. The maximum atomic E-state index is 11.0. The Labute approximate surface area is 169 Å². The van der Waals surface area contributed by atoms with Gasteiger partial charge >= 0.3 is 0 Å². The Morgan fingerprint density at radius 1 is 1.08 bits per heavy atom. The van der Waals surface area contributed by atoms with Crippen LogP contribution in [0.5, 0.6) is 0 Å². The van der Waals surface area contributed by atoms with E-state index in [4.69, 9.17) is 0 Å². The fourth-order valence-electron chi connectivity index (χ4n) is 2.41. The van der Waals surface area contributed by atoms with Crippen molar-refractivity contribution in [2.45, 2.75) is 33.6 Å². The molecule has 0 radical (unpaired) electrons. The van der Waals surface area contributed by atoms with Crippen molar-refractivity contribution in [2.24, 2.45) is 4.99 Å². The summed E-state index contributed by atoms with van der Waals surface area (Å²) in [6.07, 6.45) is 2.76. The highest BCUT2D eigenvalue weighted by molar-refractivity contribution is 14.0. The molecule has 0 aliphatic heterocycles. The van der Waals surface area contributed by atoms with E-state index in [1.54, 1.807) is 0 Å². The van der Waals surface area contributed by atoms with Crippen LogP contribution in [0.15, 0.2) is 23.2 Å². The van der Waals surface area contributed by atoms with Gasteiger partial charge in [0.1, 0.15) is 0 Å². The van der Waals surface area contributed by atoms with E-state index in [-0.39, 0.29) is 24.0 Å². The van der Waals surface area contributed by atoms with Crippen LogP contribution in [0.25, 0.3) is 0 Å². The Morgan fingerprint density at radius 3 is 2.28 bits per heavy atom. The number of aryl methyl sites for hydroxylation is 2. The summed E-state index contributed by atoms with van der Waals surface area (Å²) in [6.45, 7) is 8.81. The van der Waals surface area contributed by atoms with Gasteiger partial charge in [-0.2, -0.15) is 0 Å². The number of sulfonamides is 1. The van der Waals surface area contributed by atoms with Crippen LogP contribution in [-0.2, 0) is 16.4 Å². The Hall–Kier alpha value is -0.870. The normalized spacial score (nSPS) is 11.8. The van der Waals surface area contributed by atoms with E-state index < -0.39 is 10.0 Å². The molecule has 0 saturated carbocycles. The molecule has 0 aromatic heterocycles. The van der Waals surface area contributed by atoms with E-state index in [2.05, 4.69) is 52.4 Å². The maximum absolute atomic E-state index is 11.0. The molecule has 3 N–H and O–H groups in total. The van der Waals surface area contributed by atoms with Crippen LogP contribution in [0.3, 0.4) is 0 Å². The smallest absolute Gasteiger partial charge is 0.208 e. The third-order valence-corrected chi connectivity index (χ3v) is 4.03. The summed E-state index contributed by atoms with van der Waals surface area (Å²) < 4.78 is 24.4. The van der Waals surface area contributed by atoms with Gasteiger partial charge in [-0.1, -0.05) is 29.3 Å². The van der Waals surface area contributed by atoms with E-state index in [1.807, 2.05) is 6.92 Å². The van der Waals surface area contributed by atoms with Gasteiger partial charge in [0.05, 0.1) is 6.26 Å². The van der Waals surface area contributed by atoms with Crippen LogP contribution in [0.1, 0.15) is 30.0 Å². The predicted molar refractivity (Wildman–Crippen MR) is 116 cm³/mol. The molecular formula is C17H31IN4O2S. The summed E-state index contributed by atoms with van der Waals surface area (Å²) in [5.41, 5.74) is 3.88. The fraction of sp³-hybridized carbons (Fsp3) is 0.588. The van der Waals surface area contributed by atoms with E-state index in [1.165, 1.54) is 16.7 Å². The van der Waals surface area contributed by atoms with Crippen LogP contribution in [0, 0.1) is 13.8 Å². The van der Waals surface area contributed by atoms with E-state index in [0.29, 0.717) is 19.5 Å². The number of hydrogen-bond donors (Lipinski definition) is 3. The molecule has 0 aliphatic rings. The van der Waals surface area contributed by atoms with Crippen molar-refractivity contribution in [2.75, 3.05) is 32.4 Å². The minimum Gasteiger partial charge on any atom is -0.357 e. The third-order valence-electron chi connectivity index (χ3n) is 3.30. The monoisotopic (exact) mass is 482 g/mol. The van der Waals surface area contributed by atoms with Crippen LogP contribution in [0.2, 0.25) is 0 Å². The standard InChI is InChI=1S/C17H30N4O2S.HI/c1-5-18-17(19-8-6-9-21-24(4,22)23)20-10-7-16-12-14(2)11-15(3)13-16;/h11-13,21H,5-10H2,1-4H3,(H2,18,19,20);1H. The van der Waals surface area contributed by atoms with Crippen molar-refractivity contribution in [3.8, 4) is 0 Å². The van der Waals surface area contributed by atoms with Crippen LogP contribution in [0.4, 0.5) is 0 Å². The number of benzene rings is 1. The van der Waals surface area contributed by atoms with Crippen molar-refractivity contribution < 1.29 is 8.42 Å². The van der Waals surface area contributed by atoms with Crippen molar-refractivity contribution in [1.29, 1.82) is 0 Å². The van der Waals surface area contributed by atoms with Crippen molar-refractivity contribution in [1.82, 2.24) is 15.4 Å². The lowest BCUT2D eigenvalue weighted by atomic mass is 10.1. The molecule has 25 heavy (non-hydrogen) atoms. The van der Waals surface area contributed by atoms with Gasteiger partial charge in [0.2, 0.25) is 10.0 Å². The van der Waals surface area contributed by atoms with Gasteiger partial charge in [-0.3, -0.25) is 4.99 Å². The second-order valence-electron chi connectivity index (χ2n) is 5.95. The first-order chi connectivity index (χ1) is 11.3. The minimum absolute atomic E-state index is 0. The zero-order chi connectivity index (χ0) is 18.0. The second-order valence-corrected chi connectivity index (χ2v) is 7.79. The highest BCUT2D eigenvalue weighted by Gasteiger charge is 2.01. The Bertz CT molecular complexity index is 628. The maximum Gasteiger partial charge on any atom is 0.208 e. The van der Waals surface area contributed by atoms with Gasteiger partial charge < -0.3 is 10.6 Å². The zero-order valence-corrected chi connectivity index (χ0v) is 18.7. The zero-order valence-electron chi connectivity index (χ0n) is 15.6. The topological polar surface area (TPSA) is 82.6 Å². The van der Waals surface area contributed by atoms with Gasteiger partial charge in [-0.25, -0.2) is 13.1 Å². The second kappa shape index (κ2) is 12.5. The summed E-state index contributed by atoms with van der Waals surface area (Å²) in [5.74, 6) is 0.765. The Kier molecular flexibility index (Phi) is 12.0. The quantitative estimate of drug-likeness (QED) is 0.218. The largest absolute Gasteiger partial charge is 0.357 e. The molecule has 0 bridgehead atoms. The van der Waals surface area contributed by atoms with Crippen LogP contribution >= 0.6 is 24.0 Å². The summed E-state index contributed by atoms with van der Waals surface area (Å²) in [5, 5.41) is 6.51. The molecule has 0 spiro atoms. The summed E-state index contributed by atoms with van der Waals surface area (Å²) in [7, 11) is -3.12. The van der Waals surface area contributed by atoms with Crippen molar-refractivity contribution >= 4 is 40.0 Å². The molecule has 1 aromatic rings. The van der Waals surface area contributed by atoms with Gasteiger partial charge in [-0.05, 0) is 39.2 Å². The van der Waals surface area contributed by atoms with Crippen molar-refractivity contribution in [3.05, 3.63) is 34.9 Å². The van der Waals surface area contributed by atoms with Gasteiger partial charge in [0.15, 0.2) is 5.96 Å². The number of hydrogen-bond acceptors (Lipinski definition) is 3. The molecule has 144 valence electrons. The molecular weight excluding hydrogens is 451 g/mol. The molecule has 0 fully saturated rings. The number of guanidine groups is 1. The molecule has 0 heterocycles. The van der Waals surface area contributed by atoms with Gasteiger partial charge in [0, 0.05) is 26.2 Å². The molecule has 0 saturated heterocycles. The first-order valence-electron chi connectivity index (χ1n) is 8.34. The molecule has 1 rings (SSSR count). The first-order valence-corrected chi connectivity index (χ1v) is 10.2. The summed E-state index contributed by atoms with van der Waals surface area (Å²) in [4.78, 5) is 4.46. The lowest BCUT2D eigenvalue weighted by Crippen LogP contribution is -2.38.